The number of rotatable bonds is 2. The maximum absolute atomic E-state index is 13.6. The predicted molar refractivity (Wildman–Crippen MR) is 98.7 cm³/mol. The first-order chi connectivity index (χ1) is 12.5. The molecule has 3 aromatic rings. The van der Waals surface area contributed by atoms with Crippen LogP contribution in [-0.4, -0.2) is 38.0 Å². The maximum atomic E-state index is 13.6. The summed E-state index contributed by atoms with van der Waals surface area (Å²) < 4.78 is 17.6. The second-order valence-electron chi connectivity index (χ2n) is 7.18. The van der Waals surface area contributed by atoms with Crippen LogP contribution < -0.4 is 0 Å². The van der Waals surface area contributed by atoms with Gasteiger partial charge in [-0.05, 0) is 43.5 Å². The third kappa shape index (κ3) is 2.60. The van der Waals surface area contributed by atoms with E-state index in [1.54, 1.807) is 12.3 Å². The first kappa shape index (κ1) is 16.8. The van der Waals surface area contributed by atoms with E-state index in [1.807, 2.05) is 41.3 Å². The number of piperidine rings is 1. The molecule has 1 fully saturated rings. The van der Waals surface area contributed by atoms with Crippen molar-refractivity contribution in [3.63, 3.8) is 0 Å². The summed E-state index contributed by atoms with van der Waals surface area (Å²) in [7, 11) is 3.87. The Labute approximate surface area is 152 Å². The average Bonchev–Trinajstić information content (AvgIpc) is 3.16. The molecule has 26 heavy (non-hydrogen) atoms. The molecule has 2 aromatic heterocycles. The Balaban J connectivity index is 1.67. The van der Waals surface area contributed by atoms with E-state index in [9.17, 15) is 9.18 Å². The van der Waals surface area contributed by atoms with Crippen molar-refractivity contribution in [3.05, 3.63) is 53.5 Å². The summed E-state index contributed by atoms with van der Waals surface area (Å²) in [6.45, 7) is 3.31. The highest BCUT2D eigenvalue weighted by molar-refractivity contribution is 6.01. The number of aryl methyl sites for hydroxylation is 3. The number of imidazole rings is 1. The van der Waals surface area contributed by atoms with Crippen LogP contribution in [0.5, 0.6) is 0 Å². The van der Waals surface area contributed by atoms with Crippen LogP contribution in [0.3, 0.4) is 0 Å². The highest BCUT2D eigenvalue weighted by Gasteiger charge is 2.30. The number of carbonyl (C=O) groups is 1. The largest absolute Gasteiger partial charge is 0.339 e. The topological polar surface area (TPSA) is 43.1 Å². The summed E-state index contributed by atoms with van der Waals surface area (Å²) in [6, 6.07) is 4.68. The summed E-state index contributed by atoms with van der Waals surface area (Å²) in [5, 5.41) is 0.800. The number of halogens is 1. The van der Waals surface area contributed by atoms with Crippen LogP contribution in [0.1, 0.15) is 40.6 Å². The van der Waals surface area contributed by atoms with E-state index in [2.05, 4.69) is 4.98 Å². The third-order valence-electron chi connectivity index (χ3n) is 5.55. The van der Waals surface area contributed by atoms with Crippen LogP contribution >= 0.6 is 0 Å². The van der Waals surface area contributed by atoms with Crippen LogP contribution in [-0.2, 0) is 14.1 Å². The van der Waals surface area contributed by atoms with Crippen molar-refractivity contribution in [1.82, 2.24) is 19.0 Å². The molecular formula is C20H23FN4O. The molecule has 3 heterocycles. The number of carbonyl (C=O) groups excluding carboxylic acids is 1. The van der Waals surface area contributed by atoms with Gasteiger partial charge in [0.2, 0.25) is 0 Å². The molecule has 6 heteroatoms. The number of fused-ring (bicyclic) bond motifs is 1. The minimum absolute atomic E-state index is 0.0144. The predicted octanol–water partition coefficient (Wildman–Crippen LogP) is 3.38. The molecule has 0 aliphatic carbocycles. The van der Waals surface area contributed by atoms with Gasteiger partial charge >= 0.3 is 0 Å². The Hall–Kier alpha value is -2.63. The van der Waals surface area contributed by atoms with Crippen molar-refractivity contribution in [2.75, 3.05) is 13.1 Å². The minimum Gasteiger partial charge on any atom is -0.339 e. The van der Waals surface area contributed by atoms with E-state index in [0.717, 1.165) is 41.7 Å². The molecule has 1 atom stereocenters. The molecule has 0 bridgehead atoms. The number of aromatic nitrogens is 3. The smallest absolute Gasteiger partial charge is 0.270 e. The molecule has 1 unspecified atom stereocenters. The standard InChI is InChI=1S/C20H23FN4O/c1-13-16-11-15(21)6-7-17(16)24(3)18(13)20(26)25-9-4-5-14(12-25)19-22-8-10-23(19)2/h6-8,10-11,14H,4-5,9,12H2,1-3H3. The van der Waals surface area contributed by atoms with E-state index in [1.165, 1.54) is 12.1 Å². The third-order valence-corrected chi connectivity index (χ3v) is 5.55. The zero-order valence-corrected chi connectivity index (χ0v) is 15.4. The first-order valence-corrected chi connectivity index (χ1v) is 8.98. The van der Waals surface area contributed by atoms with Crippen molar-refractivity contribution in [2.24, 2.45) is 14.1 Å². The molecule has 0 radical (unpaired) electrons. The van der Waals surface area contributed by atoms with Gasteiger partial charge in [-0.1, -0.05) is 0 Å². The van der Waals surface area contributed by atoms with Gasteiger partial charge in [0.25, 0.3) is 5.91 Å². The Morgan fingerprint density at radius 1 is 1.31 bits per heavy atom. The van der Waals surface area contributed by atoms with Gasteiger partial charge in [-0.2, -0.15) is 0 Å². The second-order valence-corrected chi connectivity index (χ2v) is 7.18. The first-order valence-electron chi connectivity index (χ1n) is 8.98. The van der Waals surface area contributed by atoms with Crippen LogP contribution in [0, 0.1) is 12.7 Å². The Morgan fingerprint density at radius 2 is 2.12 bits per heavy atom. The quantitative estimate of drug-likeness (QED) is 0.708. The lowest BCUT2D eigenvalue weighted by Crippen LogP contribution is -2.40. The number of amides is 1. The van der Waals surface area contributed by atoms with Crippen LogP contribution in [0.25, 0.3) is 10.9 Å². The van der Waals surface area contributed by atoms with Crippen molar-refractivity contribution in [3.8, 4) is 0 Å². The van der Waals surface area contributed by atoms with E-state index >= 15 is 0 Å². The second kappa shape index (κ2) is 6.27. The SMILES string of the molecule is Cc1c(C(=O)N2CCCC(c3nccn3C)C2)n(C)c2ccc(F)cc12. The van der Waals surface area contributed by atoms with Crippen LogP contribution in [0.4, 0.5) is 4.39 Å². The molecule has 0 saturated carbocycles. The molecule has 1 amide bonds. The highest BCUT2D eigenvalue weighted by Crippen LogP contribution is 2.30. The van der Waals surface area contributed by atoms with Gasteiger partial charge in [-0.15, -0.1) is 0 Å². The number of benzene rings is 1. The Bertz CT molecular complexity index is 987. The Morgan fingerprint density at radius 3 is 2.85 bits per heavy atom. The fraction of sp³-hybridized carbons (Fsp3) is 0.400. The summed E-state index contributed by atoms with van der Waals surface area (Å²) in [6.07, 6.45) is 5.74. The monoisotopic (exact) mass is 354 g/mol. The molecule has 4 rings (SSSR count). The van der Waals surface area contributed by atoms with Gasteiger partial charge in [-0.3, -0.25) is 4.79 Å². The van der Waals surface area contributed by atoms with Gasteiger partial charge < -0.3 is 14.0 Å². The molecule has 5 nitrogen and oxygen atoms in total. The summed E-state index contributed by atoms with van der Waals surface area (Å²) in [5.74, 6) is 1.01. The van der Waals surface area contributed by atoms with Gasteiger partial charge in [0.1, 0.15) is 17.3 Å². The average molecular weight is 354 g/mol. The van der Waals surface area contributed by atoms with E-state index in [-0.39, 0.29) is 17.6 Å². The zero-order chi connectivity index (χ0) is 18.4. The normalized spacial score (nSPS) is 17.8. The summed E-state index contributed by atoms with van der Waals surface area (Å²) in [4.78, 5) is 19.7. The number of nitrogens with zero attached hydrogens (tertiary/aromatic N) is 4. The molecule has 0 N–H and O–H groups in total. The molecular weight excluding hydrogens is 331 g/mol. The fourth-order valence-corrected chi connectivity index (χ4v) is 4.20. The maximum Gasteiger partial charge on any atom is 0.270 e. The van der Waals surface area contributed by atoms with Crippen molar-refractivity contribution in [2.45, 2.75) is 25.7 Å². The number of hydrogen-bond acceptors (Lipinski definition) is 2. The van der Waals surface area contributed by atoms with Gasteiger partial charge in [-0.25, -0.2) is 9.37 Å². The van der Waals surface area contributed by atoms with Crippen molar-refractivity contribution < 1.29 is 9.18 Å². The fourth-order valence-electron chi connectivity index (χ4n) is 4.20. The van der Waals surface area contributed by atoms with Gasteiger partial charge in [0.05, 0.1) is 0 Å². The van der Waals surface area contributed by atoms with Crippen molar-refractivity contribution in [1.29, 1.82) is 0 Å². The molecule has 1 aliphatic heterocycles. The summed E-state index contributed by atoms with van der Waals surface area (Å²) in [5.41, 5.74) is 2.36. The lowest BCUT2D eigenvalue weighted by molar-refractivity contribution is 0.0693. The van der Waals surface area contributed by atoms with Crippen LogP contribution in [0.2, 0.25) is 0 Å². The number of likely N-dealkylation sites (tertiary alicyclic amines) is 1. The lowest BCUT2D eigenvalue weighted by atomic mass is 9.96. The van der Waals surface area contributed by atoms with Crippen LogP contribution in [0.15, 0.2) is 30.6 Å². The highest BCUT2D eigenvalue weighted by atomic mass is 19.1. The lowest BCUT2D eigenvalue weighted by Gasteiger charge is -2.32. The summed E-state index contributed by atoms with van der Waals surface area (Å²) >= 11 is 0. The van der Waals surface area contributed by atoms with Gasteiger partial charge in [0.15, 0.2) is 0 Å². The molecule has 1 aliphatic rings. The van der Waals surface area contributed by atoms with E-state index in [4.69, 9.17) is 0 Å². The zero-order valence-electron chi connectivity index (χ0n) is 15.4. The molecule has 1 aromatic carbocycles. The van der Waals surface area contributed by atoms with E-state index < -0.39 is 0 Å². The molecule has 0 spiro atoms. The number of hydrogen-bond donors (Lipinski definition) is 0. The molecule has 136 valence electrons. The molecule has 1 saturated heterocycles. The van der Waals surface area contributed by atoms with E-state index in [0.29, 0.717) is 12.2 Å². The minimum atomic E-state index is -0.280. The van der Waals surface area contributed by atoms with Crippen molar-refractivity contribution >= 4 is 16.8 Å². The Kier molecular flexibility index (Phi) is 4.05. The van der Waals surface area contributed by atoms with Gasteiger partial charge in [0, 0.05) is 56.4 Å².